The van der Waals surface area contributed by atoms with Gasteiger partial charge in [0.1, 0.15) is 5.39 Å². The van der Waals surface area contributed by atoms with Crippen LogP contribution in [0.2, 0.25) is 0 Å². The smallest absolute Gasteiger partial charge is 0.262 e. The molecule has 3 aromatic carbocycles. The van der Waals surface area contributed by atoms with Crippen molar-refractivity contribution in [3.05, 3.63) is 93.9 Å². The molecule has 0 fully saturated rings. The van der Waals surface area contributed by atoms with Crippen molar-refractivity contribution >= 4 is 33.6 Å². The predicted octanol–water partition coefficient (Wildman–Crippen LogP) is 5.17. The molecule has 2 heterocycles. The van der Waals surface area contributed by atoms with E-state index < -0.39 is 0 Å². The number of hydrogen-bond donors (Lipinski definition) is 1. The van der Waals surface area contributed by atoms with Crippen LogP contribution in [0.25, 0.3) is 27.5 Å². The molecule has 0 aliphatic heterocycles. The second-order valence-corrected chi connectivity index (χ2v) is 8.27. The lowest BCUT2D eigenvalue weighted by molar-refractivity contribution is 0.865. The Morgan fingerprint density at radius 3 is 2.67 bits per heavy atom. The third kappa shape index (κ3) is 3.19. The summed E-state index contributed by atoms with van der Waals surface area (Å²) >= 11 is 1.52. The molecule has 0 saturated carbocycles. The molecular formula is C24H20N4OS. The molecule has 0 unspecified atom stereocenters. The molecule has 0 aliphatic carbocycles. The Kier molecular flexibility index (Phi) is 4.64. The normalized spacial score (nSPS) is 11.4. The molecule has 0 aliphatic rings. The van der Waals surface area contributed by atoms with E-state index in [0.29, 0.717) is 21.9 Å². The van der Waals surface area contributed by atoms with Crippen molar-refractivity contribution in [3.8, 4) is 5.69 Å². The van der Waals surface area contributed by atoms with E-state index in [-0.39, 0.29) is 5.56 Å². The van der Waals surface area contributed by atoms with E-state index in [0.717, 1.165) is 11.3 Å². The average Bonchev–Trinajstić information content (AvgIpc) is 3.18. The Morgan fingerprint density at radius 1 is 0.967 bits per heavy atom. The molecule has 5 nitrogen and oxygen atoms in total. The van der Waals surface area contributed by atoms with E-state index in [4.69, 9.17) is 4.98 Å². The molecule has 1 N–H and O–H groups in total. The molecule has 5 aromatic rings. The Balaban J connectivity index is 1.54. The lowest BCUT2D eigenvalue weighted by atomic mass is 10.1. The summed E-state index contributed by atoms with van der Waals surface area (Å²) in [5.74, 6) is 0.716. The van der Waals surface area contributed by atoms with Crippen molar-refractivity contribution in [2.45, 2.75) is 24.8 Å². The van der Waals surface area contributed by atoms with Gasteiger partial charge in [-0.25, -0.2) is 9.67 Å². The fraction of sp³-hybridized carbons (Fsp3) is 0.125. The van der Waals surface area contributed by atoms with E-state index in [2.05, 4.69) is 60.3 Å². The first-order valence-electron chi connectivity index (χ1n) is 9.76. The molecule has 0 saturated heterocycles. The summed E-state index contributed by atoms with van der Waals surface area (Å²) in [6.45, 7) is 4.12. The van der Waals surface area contributed by atoms with E-state index in [9.17, 15) is 4.79 Å². The Morgan fingerprint density at radius 2 is 1.77 bits per heavy atom. The lowest BCUT2D eigenvalue weighted by Gasteiger charge is -2.10. The van der Waals surface area contributed by atoms with E-state index in [1.54, 1.807) is 10.9 Å². The topological polar surface area (TPSA) is 63.6 Å². The minimum absolute atomic E-state index is 0.169. The third-order valence-corrected chi connectivity index (χ3v) is 6.39. The first-order chi connectivity index (χ1) is 14.6. The minimum Gasteiger partial charge on any atom is -0.301 e. The molecule has 0 bridgehead atoms. The Bertz CT molecular complexity index is 1450. The number of aryl methyl sites for hydroxylation is 1. The van der Waals surface area contributed by atoms with Crippen molar-refractivity contribution in [1.82, 2.24) is 19.7 Å². The Hall–Kier alpha value is -3.38. The van der Waals surface area contributed by atoms with E-state index in [1.165, 1.54) is 33.7 Å². The van der Waals surface area contributed by atoms with Gasteiger partial charge in [-0.15, -0.1) is 0 Å². The van der Waals surface area contributed by atoms with Gasteiger partial charge in [0.25, 0.3) is 5.56 Å². The van der Waals surface area contributed by atoms with Crippen LogP contribution in [-0.4, -0.2) is 19.7 Å². The van der Waals surface area contributed by atoms with Gasteiger partial charge in [-0.2, -0.15) is 5.10 Å². The molecule has 148 valence electrons. The summed E-state index contributed by atoms with van der Waals surface area (Å²) < 4.78 is 1.76. The molecular weight excluding hydrogens is 392 g/mol. The number of H-pyrrole nitrogens is 1. The van der Waals surface area contributed by atoms with Crippen LogP contribution in [0.15, 0.2) is 76.8 Å². The summed E-state index contributed by atoms with van der Waals surface area (Å²) in [6, 6.07) is 20.7. The molecule has 5 rings (SSSR count). The summed E-state index contributed by atoms with van der Waals surface area (Å²) in [7, 11) is 0. The number of aromatic nitrogens is 4. The van der Waals surface area contributed by atoms with Crippen LogP contribution in [0.4, 0.5) is 0 Å². The minimum atomic E-state index is -0.169. The molecule has 0 amide bonds. The monoisotopic (exact) mass is 412 g/mol. The van der Waals surface area contributed by atoms with Gasteiger partial charge in [-0.3, -0.25) is 4.79 Å². The first-order valence-corrected chi connectivity index (χ1v) is 10.7. The van der Waals surface area contributed by atoms with Crippen molar-refractivity contribution in [1.29, 1.82) is 0 Å². The fourth-order valence-corrected chi connectivity index (χ4v) is 4.53. The maximum absolute atomic E-state index is 12.7. The predicted molar refractivity (Wildman–Crippen MR) is 122 cm³/mol. The third-order valence-electron chi connectivity index (χ3n) is 5.46. The second-order valence-electron chi connectivity index (χ2n) is 7.31. The highest BCUT2D eigenvalue weighted by Gasteiger charge is 2.14. The van der Waals surface area contributed by atoms with Crippen molar-refractivity contribution in [2.75, 3.05) is 0 Å². The van der Waals surface area contributed by atoms with Crippen LogP contribution in [0.3, 0.4) is 0 Å². The van der Waals surface area contributed by atoms with Gasteiger partial charge in [-0.1, -0.05) is 66.4 Å². The molecule has 30 heavy (non-hydrogen) atoms. The maximum Gasteiger partial charge on any atom is 0.262 e. The van der Waals surface area contributed by atoms with Crippen LogP contribution < -0.4 is 5.56 Å². The van der Waals surface area contributed by atoms with Gasteiger partial charge in [0.2, 0.25) is 0 Å². The van der Waals surface area contributed by atoms with Crippen LogP contribution in [0.5, 0.6) is 0 Å². The van der Waals surface area contributed by atoms with Crippen molar-refractivity contribution < 1.29 is 0 Å². The molecule has 2 aromatic heterocycles. The fourth-order valence-electron chi connectivity index (χ4n) is 3.67. The van der Waals surface area contributed by atoms with Gasteiger partial charge in [0.05, 0.1) is 11.9 Å². The van der Waals surface area contributed by atoms with Gasteiger partial charge in [0.15, 0.2) is 10.8 Å². The molecule has 0 radical (unpaired) electrons. The lowest BCUT2D eigenvalue weighted by Crippen LogP contribution is -2.10. The van der Waals surface area contributed by atoms with Gasteiger partial charge >= 0.3 is 0 Å². The van der Waals surface area contributed by atoms with Crippen molar-refractivity contribution in [3.63, 3.8) is 0 Å². The summed E-state index contributed by atoms with van der Waals surface area (Å²) in [5.41, 5.74) is 4.85. The standard InChI is InChI=1S/C24H20N4OS/c1-15-7-5-12-21(16(15)2)28-22-20(13-25-28)23(29)27-24(26-22)30-14-18-10-6-9-17-8-3-4-11-19(17)18/h3-13H,14H2,1-2H3,(H,26,27,29). The number of nitrogens with zero attached hydrogens (tertiary/aromatic N) is 3. The number of rotatable bonds is 4. The average molecular weight is 413 g/mol. The van der Waals surface area contributed by atoms with E-state index >= 15 is 0 Å². The van der Waals surface area contributed by atoms with Crippen LogP contribution in [0, 0.1) is 13.8 Å². The second kappa shape index (κ2) is 7.46. The zero-order valence-electron chi connectivity index (χ0n) is 16.7. The molecule has 6 heteroatoms. The van der Waals surface area contributed by atoms with Gasteiger partial charge < -0.3 is 4.98 Å². The van der Waals surface area contributed by atoms with Crippen LogP contribution in [-0.2, 0) is 5.75 Å². The largest absolute Gasteiger partial charge is 0.301 e. The highest BCUT2D eigenvalue weighted by atomic mass is 32.2. The number of thioether (sulfide) groups is 1. The van der Waals surface area contributed by atoms with Gasteiger partial charge in [-0.05, 0) is 47.4 Å². The number of fused-ring (bicyclic) bond motifs is 2. The summed E-state index contributed by atoms with van der Waals surface area (Å²) in [6.07, 6.45) is 1.59. The van der Waals surface area contributed by atoms with Crippen LogP contribution in [0.1, 0.15) is 16.7 Å². The highest BCUT2D eigenvalue weighted by Crippen LogP contribution is 2.26. The summed E-state index contributed by atoms with van der Waals surface area (Å²) in [4.78, 5) is 20.3. The molecule has 0 atom stereocenters. The quantitative estimate of drug-likeness (QED) is 0.327. The number of hydrogen-bond acceptors (Lipinski definition) is 4. The van der Waals surface area contributed by atoms with E-state index in [1.807, 2.05) is 24.3 Å². The van der Waals surface area contributed by atoms with Gasteiger partial charge in [0, 0.05) is 5.75 Å². The number of benzene rings is 3. The highest BCUT2D eigenvalue weighted by molar-refractivity contribution is 7.98. The SMILES string of the molecule is Cc1cccc(-n2ncc3c(=O)[nH]c(SCc4cccc5ccccc45)nc32)c1C. The zero-order chi connectivity index (χ0) is 20.7. The number of aromatic amines is 1. The summed E-state index contributed by atoms with van der Waals surface area (Å²) in [5, 5.41) is 7.96. The van der Waals surface area contributed by atoms with Crippen LogP contribution >= 0.6 is 11.8 Å². The molecule has 0 spiro atoms. The first kappa shape index (κ1) is 18.6. The number of nitrogens with one attached hydrogen (secondary N) is 1. The van der Waals surface area contributed by atoms with Crippen molar-refractivity contribution in [2.24, 2.45) is 0 Å². The zero-order valence-corrected chi connectivity index (χ0v) is 17.5. The Labute approximate surface area is 177 Å². The maximum atomic E-state index is 12.7.